The molecule has 20 heavy (non-hydrogen) atoms. The summed E-state index contributed by atoms with van der Waals surface area (Å²) in [5.41, 5.74) is 2.20. The normalized spacial score (nSPS) is 15.8. The van der Waals surface area contributed by atoms with E-state index in [0.717, 1.165) is 30.9 Å². The van der Waals surface area contributed by atoms with Crippen molar-refractivity contribution in [3.05, 3.63) is 24.3 Å². The Bertz CT molecular complexity index is 450. The molecule has 110 valence electrons. The van der Waals surface area contributed by atoms with Gasteiger partial charge < -0.3 is 20.3 Å². The second-order valence-corrected chi connectivity index (χ2v) is 4.95. The lowest BCUT2D eigenvalue weighted by atomic mass is 10.2. The third-order valence-electron chi connectivity index (χ3n) is 3.56. The molecular weight excluding hydrogens is 254 g/mol. The van der Waals surface area contributed by atoms with E-state index in [1.807, 2.05) is 19.1 Å². The quantitative estimate of drug-likeness (QED) is 0.800. The van der Waals surface area contributed by atoms with Crippen LogP contribution in [0.2, 0.25) is 0 Å². The predicted molar refractivity (Wildman–Crippen MR) is 81.2 cm³/mol. The van der Waals surface area contributed by atoms with Crippen LogP contribution in [0, 0.1) is 0 Å². The van der Waals surface area contributed by atoms with Crippen LogP contribution in [0.3, 0.4) is 0 Å². The standard InChI is InChI=1S/C15H23N3O2/c1-12(15(19)17-9-11-20-2)18-10-5-8-16-13-6-3-4-7-14(13)18/h3-4,6-7,12,16H,5,8-11H2,1-2H3,(H,17,19). The van der Waals surface area contributed by atoms with Crippen LogP contribution in [0.5, 0.6) is 0 Å². The number of carbonyl (C=O) groups excluding carboxylic acids is 1. The first-order valence-corrected chi connectivity index (χ1v) is 7.10. The summed E-state index contributed by atoms with van der Waals surface area (Å²) in [4.78, 5) is 14.4. The van der Waals surface area contributed by atoms with Crippen molar-refractivity contribution in [2.24, 2.45) is 0 Å². The van der Waals surface area contributed by atoms with Crippen LogP contribution < -0.4 is 15.5 Å². The van der Waals surface area contributed by atoms with E-state index in [0.29, 0.717) is 13.2 Å². The van der Waals surface area contributed by atoms with E-state index >= 15 is 0 Å². The van der Waals surface area contributed by atoms with E-state index in [9.17, 15) is 4.79 Å². The number of benzene rings is 1. The number of para-hydroxylation sites is 2. The van der Waals surface area contributed by atoms with Gasteiger partial charge in [0.2, 0.25) is 5.91 Å². The van der Waals surface area contributed by atoms with Gasteiger partial charge in [-0.1, -0.05) is 12.1 Å². The van der Waals surface area contributed by atoms with E-state index in [2.05, 4.69) is 27.7 Å². The van der Waals surface area contributed by atoms with Crippen LogP contribution in [0.1, 0.15) is 13.3 Å². The summed E-state index contributed by atoms with van der Waals surface area (Å²) in [6.07, 6.45) is 1.02. The summed E-state index contributed by atoms with van der Waals surface area (Å²) in [5, 5.41) is 6.31. The molecule has 1 atom stereocenters. The molecule has 1 heterocycles. The molecule has 0 bridgehead atoms. The maximum atomic E-state index is 12.2. The molecule has 1 aromatic carbocycles. The van der Waals surface area contributed by atoms with E-state index in [4.69, 9.17) is 4.74 Å². The molecule has 5 nitrogen and oxygen atoms in total. The number of fused-ring (bicyclic) bond motifs is 1. The third kappa shape index (κ3) is 3.42. The summed E-state index contributed by atoms with van der Waals surface area (Å²) >= 11 is 0. The van der Waals surface area contributed by atoms with Crippen molar-refractivity contribution in [2.75, 3.05) is 43.6 Å². The highest BCUT2D eigenvalue weighted by atomic mass is 16.5. The number of nitrogens with one attached hydrogen (secondary N) is 2. The van der Waals surface area contributed by atoms with Crippen molar-refractivity contribution in [1.29, 1.82) is 0 Å². The molecule has 1 aromatic rings. The zero-order valence-corrected chi connectivity index (χ0v) is 12.2. The molecule has 1 amide bonds. The summed E-state index contributed by atoms with van der Waals surface area (Å²) in [6.45, 7) is 4.85. The summed E-state index contributed by atoms with van der Waals surface area (Å²) < 4.78 is 4.96. The molecule has 1 aliphatic heterocycles. The Morgan fingerprint density at radius 1 is 1.50 bits per heavy atom. The van der Waals surface area contributed by atoms with Crippen LogP contribution in [-0.2, 0) is 9.53 Å². The summed E-state index contributed by atoms with van der Waals surface area (Å²) in [6, 6.07) is 7.95. The van der Waals surface area contributed by atoms with Gasteiger partial charge in [-0.25, -0.2) is 0 Å². The first kappa shape index (κ1) is 14.7. The Kier molecular flexibility index (Phi) is 5.24. The number of anilines is 2. The molecule has 5 heteroatoms. The van der Waals surface area contributed by atoms with E-state index in [-0.39, 0.29) is 11.9 Å². The number of hydrogen-bond acceptors (Lipinski definition) is 4. The van der Waals surface area contributed by atoms with Gasteiger partial charge in [0.25, 0.3) is 0 Å². The fraction of sp³-hybridized carbons (Fsp3) is 0.533. The van der Waals surface area contributed by atoms with Crippen molar-refractivity contribution in [1.82, 2.24) is 5.32 Å². The topological polar surface area (TPSA) is 53.6 Å². The van der Waals surface area contributed by atoms with Crippen LogP contribution in [0.4, 0.5) is 11.4 Å². The zero-order chi connectivity index (χ0) is 14.4. The Hall–Kier alpha value is -1.75. The highest BCUT2D eigenvalue weighted by Gasteiger charge is 2.24. The summed E-state index contributed by atoms with van der Waals surface area (Å²) in [5.74, 6) is 0.0405. The molecule has 0 spiro atoms. The lowest BCUT2D eigenvalue weighted by Crippen LogP contribution is -2.46. The van der Waals surface area contributed by atoms with Crippen LogP contribution in [0.25, 0.3) is 0 Å². The fourth-order valence-electron chi connectivity index (χ4n) is 2.43. The largest absolute Gasteiger partial charge is 0.383 e. The van der Waals surface area contributed by atoms with E-state index in [1.165, 1.54) is 0 Å². The first-order chi connectivity index (χ1) is 9.74. The lowest BCUT2D eigenvalue weighted by Gasteiger charge is -2.30. The van der Waals surface area contributed by atoms with Crippen molar-refractivity contribution < 1.29 is 9.53 Å². The van der Waals surface area contributed by atoms with E-state index in [1.54, 1.807) is 7.11 Å². The molecule has 2 N–H and O–H groups in total. The van der Waals surface area contributed by atoms with Gasteiger partial charge in [-0.15, -0.1) is 0 Å². The van der Waals surface area contributed by atoms with Gasteiger partial charge in [-0.2, -0.15) is 0 Å². The van der Waals surface area contributed by atoms with Crippen LogP contribution in [0.15, 0.2) is 24.3 Å². The first-order valence-electron chi connectivity index (χ1n) is 7.10. The molecule has 1 aliphatic rings. The van der Waals surface area contributed by atoms with Gasteiger partial charge in [0.15, 0.2) is 0 Å². The van der Waals surface area contributed by atoms with Gasteiger partial charge in [0, 0.05) is 26.7 Å². The van der Waals surface area contributed by atoms with Crippen molar-refractivity contribution >= 4 is 17.3 Å². The molecule has 2 rings (SSSR count). The van der Waals surface area contributed by atoms with Crippen molar-refractivity contribution in [3.63, 3.8) is 0 Å². The number of methoxy groups -OCH3 is 1. The minimum Gasteiger partial charge on any atom is -0.383 e. The number of rotatable bonds is 5. The smallest absolute Gasteiger partial charge is 0.242 e. The average molecular weight is 277 g/mol. The number of nitrogens with zero attached hydrogens (tertiary/aromatic N) is 1. The van der Waals surface area contributed by atoms with Crippen LogP contribution >= 0.6 is 0 Å². The lowest BCUT2D eigenvalue weighted by molar-refractivity contribution is -0.122. The maximum Gasteiger partial charge on any atom is 0.242 e. The molecule has 1 unspecified atom stereocenters. The van der Waals surface area contributed by atoms with Gasteiger partial charge >= 0.3 is 0 Å². The highest BCUT2D eigenvalue weighted by molar-refractivity contribution is 5.86. The van der Waals surface area contributed by atoms with Gasteiger partial charge in [0.1, 0.15) is 6.04 Å². The van der Waals surface area contributed by atoms with Gasteiger partial charge in [-0.05, 0) is 25.5 Å². The third-order valence-corrected chi connectivity index (χ3v) is 3.56. The van der Waals surface area contributed by atoms with Gasteiger partial charge in [0.05, 0.1) is 18.0 Å². The second kappa shape index (κ2) is 7.14. The summed E-state index contributed by atoms with van der Waals surface area (Å²) in [7, 11) is 1.63. The Balaban J connectivity index is 2.08. The molecular formula is C15H23N3O2. The van der Waals surface area contributed by atoms with Crippen molar-refractivity contribution in [2.45, 2.75) is 19.4 Å². The monoisotopic (exact) mass is 277 g/mol. The second-order valence-electron chi connectivity index (χ2n) is 4.95. The maximum absolute atomic E-state index is 12.2. The molecule has 0 saturated heterocycles. The Morgan fingerprint density at radius 2 is 2.30 bits per heavy atom. The minimum absolute atomic E-state index is 0.0405. The predicted octanol–water partition coefficient (Wildman–Crippen LogP) is 1.46. The number of carbonyl (C=O) groups is 1. The van der Waals surface area contributed by atoms with Crippen molar-refractivity contribution in [3.8, 4) is 0 Å². The Morgan fingerprint density at radius 3 is 3.10 bits per heavy atom. The molecule has 0 radical (unpaired) electrons. The molecule has 0 aromatic heterocycles. The highest BCUT2D eigenvalue weighted by Crippen LogP contribution is 2.29. The van der Waals surface area contributed by atoms with Gasteiger partial charge in [-0.3, -0.25) is 4.79 Å². The zero-order valence-electron chi connectivity index (χ0n) is 12.2. The average Bonchev–Trinajstić information content (AvgIpc) is 2.69. The number of ether oxygens (including phenoxy) is 1. The minimum atomic E-state index is -0.187. The molecule has 0 fully saturated rings. The number of amides is 1. The van der Waals surface area contributed by atoms with E-state index < -0.39 is 0 Å². The molecule has 0 saturated carbocycles. The molecule has 0 aliphatic carbocycles. The SMILES string of the molecule is COCCNC(=O)C(C)N1CCCNc2ccccc21. The number of hydrogen-bond donors (Lipinski definition) is 2. The Labute approximate surface area is 120 Å². The van der Waals surface area contributed by atoms with Crippen LogP contribution in [-0.4, -0.2) is 45.3 Å². The fourth-order valence-corrected chi connectivity index (χ4v) is 2.43.